The number of furan rings is 1. The fourth-order valence-electron chi connectivity index (χ4n) is 1.87. The summed E-state index contributed by atoms with van der Waals surface area (Å²) in [6, 6.07) is 10.3. The SMILES string of the molecule is CC(N)CC(=O)NCc1ccc(NC(=O)c2ccco2)cc1. The smallest absolute Gasteiger partial charge is 0.291 e. The number of nitrogens with two attached hydrogens (primary N) is 1. The zero-order chi connectivity index (χ0) is 15.9. The molecule has 0 saturated carbocycles. The molecule has 1 heterocycles. The van der Waals surface area contributed by atoms with Crippen molar-refractivity contribution in [2.75, 3.05) is 5.32 Å². The Balaban J connectivity index is 1.85. The highest BCUT2D eigenvalue weighted by Crippen LogP contribution is 2.11. The van der Waals surface area contributed by atoms with Gasteiger partial charge in [-0.15, -0.1) is 0 Å². The largest absolute Gasteiger partial charge is 0.459 e. The van der Waals surface area contributed by atoms with Crippen molar-refractivity contribution in [1.29, 1.82) is 0 Å². The number of rotatable bonds is 6. The first-order chi connectivity index (χ1) is 10.5. The molecule has 0 fully saturated rings. The van der Waals surface area contributed by atoms with Gasteiger partial charge >= 0.3 is 0 Å². The van der Waals surface area contributed by atoms with Gasteiger partial charge in [-0.2, -0.15) is 0 Å². The molecule has 0 saturated heterocycles. The van der Waals surface area contributed by atoms with Crippen LogP contribution < -0.4 is 16.4 Å². The zero-order valence-electron chi connectivity index (χ0n) is 12.3. The maximum Gasteiger partial charge on any atom is 0.291 e. The van der Waals surface area contributed by atoms with Gasteiger partial charge in [0, 0.05) is 24.7 Å². The highest BCUT2D eigenvalue weighted by atomic mass is 16.3. The van der Waals surface area contributed by atoms with E-state index >= 15 is 0 Å². The molecule has 116 valence electrons. The molecule has 2 amide bonds. The summed E-state index contributed by atoms with van der Waals surface area (Å²) in [5.41, 5.74) is 7.16. The Morgan fingerprint density at radius 1 is 1.23 bits per heavy atom. The lowest BCUT2D eigenvalue weighted by Gasteiger charge is -2.08. The lowest BCUT2D eigenvalue weighted by Crippen LogP contribution is -2.29. The van der Waals surface area contributed by atoms with E-state index in [4.69, 9.17) is 10.2 Å². The molecule has 6 heteroatoms. The van der Waals surface area contributed by atoms with E-state index in [1.807, 2.05) is 12.1 Å². The molecular formula is C16H19N3O3. The number of hydrogen-bond donors (Lipinski definition) is 3. The Kier molecular flexibility index (Phi) is 5.32. The van der Waals surface area contributed by atoms with Crippen molar-refractivity contribution >= 4 is 17.5 Å². The van der Waals surface area contributed by atoms with E-state index in [-0.39, 0.29) is 23.6 Å². The molecule has 6 nitrogen and oxygen atoms in total. The molecule has 0 radical (unpaired) electrons. The van der Waals surface area contributed by atoms with E-state index in [0.29, 0.717) is 18.7 Å². The quantitative estimate of drug-likeness (QED) is 0.759. The molecule has 0 aliphatic heterocycles. The van der Waals surface area contributed by atoms with Crippen LogP contribution in [0.1, 0.15) is 29.5 Å². The van der Waals surface area contributed by atoms with E-state index in [0.717, 1.165) is 5.56 Å². The average molecular weight is 301 g/mol. The predicted molar refractivity (Wildman–Crippen MR) is 83.2 cm³/mol. The highest BCUT2D eigenvalue weighted by Gasteiger charge is 2.08. The average Bonchev–Trinajstić information content (AvgIpc) is 3.00. The molecule has 1 aromatic heterocycles. The first-order valence-corrected chi connectivity index (χ1v) is 7.00. The minimum Gasteiger partial charge on any atom is -0.459 e. The van der Waals surface area contributed by atoms with Crippen molar-refractivity contribution in [2.24, 2.45) is 5.73 Å². The van der Waals surface area contributed by atoms with E-state index in [1.54, 1.807) is 31.2 Å². The Morgan fingerprint density at radius 2 is 1.95 bits per heavy atom. The maximum atomic E-state index is 11.8. The molecule has 2 aromatic rings. The molecule has 0 bridgehead atoms. The van der Waals surface area contributed by atoms with Crippen LogP contribution in [0, 0.1) is 0 Å². The van der Waals surface area contributed by atoms with Crippen LogP contribution in [0.4, 0.5) is 5.69 Å². The van der Waals surface area contributed by atoms with Crippen molar-refractivity contribution in [2.45, 2.75) is 25.9 Å². The Morgan fingerprint density at radius 3 is 2.55 bits per heavy atom. The van der Waals surface area contributed by atoms with Gasteiger partial charge in [0.1, 0.15) is 0 Å². The maximum absolute atomic E-state index is 11.8. The zero-order valence-corrected chi connectivity index (χ0v) is 12.3. The van der Waals surface area contributed by atoms with Gasteiger partial charge in [-0.05, 0) is 36.8 Å². The minimum atomic E-state index is -0.303. The third-order valence-electron chi connectivity index (χ3n) is 2.95. The van der Waals surface area contributed by atoms with Crippen molar-refractivity contribution in [3.63, 3.8) is 0 Å². The van der Waals surface area contributed by atoms with Crippen LogP contribution in [0.5, 0.6) is 0 Å². The molecular weight excluding hydrogens is 282 g/mol. The van der Waals surface area contributed by atoms with Gasteiger partial charge in [-0.25, -0.2) is 0 Å². The summed E-state index contributed by atoms with van der Waals surface area (Å²) in [4.78, 5) is 23.3. The number of carbonyl (C=O) groups excluding carboxylic acids is 2. The minimum absolute atomic E-state index is 0.0785. The second-order valence-corrected chi connectivity index (χ2v) is 5.09. The number of carbonyl (C=O) groups is 2. The fourth-order valence-corrected chi connectivity index (χ4v) is 1.87. The summed E-state index contributed by atoms with van der Waals surface area (Å²) < 4.78 is 5.02. The third kappa shape index (κ3) is 4.75. The second-order valence-electron chi connectivity index (χ2n) is 5.09. The van der Waals surface area contributed by atoms with Crippen molar-refractivity contribution in [3.8, 4) is 0 Å². The number of anilines is 1. The summed E-state index contributed by atoms with van der Waals surface area (Å²) in [7, 11) is 0. The van der Waals surface area contributed by atoms with Gasteiger partial charge in [0.05, 0.1) is 6.26 Å². The lowest BCUT2D eigenvalue weighted by atomic mass is 10.2. The van der Waals surface area contributed by atoms with Crippen molar-refractivity contribution < 1.29 is 14.0 Å². The summed E-state index contributed by atoms with van der Waals surface area (Å²) in [5, 5.41) is 5.52. The Hall–Kier alpha value is -2.60. The van der Waals surface area contributed by atoms with E-state index in [2.05, 4.69) is 10.6 Å². The van der Waals surface area contributed by atoms with Crippen LogP contribution >= 0.6 is 0 Å². The first-order valence-electron chi connectivity index (χ1n) is 7.00. The van der Waals surface area contributed by atoms with Crippen LogP contribution in [-0.2, 0) is 11.3 Å². The van der Waals surface area contributed by atoms with Crippen molar-refractivity contribution in [3.05, 3.63) is 54.0 Å². The fraction of sp³-hybridized carbons (Fsp3) is 0.250. The third-order valence-corrected chi connectivity index (χ3v) is 2.95. The Labute approximate surface area is 128 Å². The standard InChI is InChI=1S/C16H19N3O3/c1-11(17)9-15(20)18-10-12-4-6-13(7-5-12)19-16(21)14-3-2-8-22-14/h2-8,11H,9-10,17H2,1H3,(H,18,20)(H,19,21). The van der Waals surface area contributed by atoms with Gasteiger partial charge in [0.15, 0.2) is 5.76 Å². The second kappa shape index (κ2) is 7.42. The van der Waals surface area contributed by atoms with Crippen LogP contribution in [0.2, 0.25) is 0 Å². The number of benzene rings is 1. The molecule has 22 heavy (non-hydrogen) atoms. The highest BCUT2D eigenvalue weighted by molar-refractivity contribution is 6.02. The van der Waals surface area contributed by atoms with Gasteiger partial charge in [-0.1, -0.05) is 12.1 Å². The van der Waals surface area contributed by atoms with E-state index < -0.39 is 0 Å². The monoisotopic (exact) mass is 301 g/mol. The molecule has 0 spiro atoms. The summed E-state index contributed by atoms with van der Waals surface area (Å²) in [6.45, 7) is 2.22. The topological polar surface area (TPSA) is 97.4 Å². The summed E-state index contributed by atoms with van der Waals surface area (Å²) in [6.07, 6.45) is 1.75. The van der Waals surface area contributed by atoms with E-state index in [1.165, 1.54) is 6.26 Å². The van der Waals surface area contributed by atoms with E-state index in [9.17, 15) is 9.59 Å². The van der Waals surface area contributed by atoms with Gasteiger partial charge in [0.2, 0.25) is 5.91 Å². The molecule has 4 N–H and O–H groups in total. The normalized spacial score (nSPS) is 11.7. The van der Waals surface area contributed by atoms with Gasteiger partial charge in [0.25, 0.3) is 5.91 Å². The molecule has 1 unspecified atom stereocenters. The molecule has 1 atom stereocenters. The first kappa shape index (κ1) is 15.8. The van der Waals surface area contributed by atoms with Gasteiger partial charge in [-0.3, -0.25) is 9.59 Å². The van der Waals surface area contributed by atoms with Gasteiger partial charge < -0.3 is 20.8 Å². The van der Waals surface area contributed by atoms with Crippen molar-refractivity contribution in [1.82, 2.24) is 5.32 Å². The molecule has 2 rings (SSSR count). The number of amides is 2. The number of nitrogens with one attached hydrogen (secondary N) is 2. The molecule has 0 aliphatic carbocycles. The molecule has 1 aromatic carbocycles. The van der Waals surface area contributed by atoms with Crippen LogP contribution in [0.25, 0.3) is 0 Å². The number of hydrogen-bond acceptors (Lipinski definition) is 4. The predicted octanol–water partition coefficient (Wildman–Crippen LogP) is 1.89. The lowest BCUT2D eigenvalue weighted by molar-refractivity contribution is -0.121. The summed E-state index contributed by atoms with van der Waals surface area (Å²) in [5.74, 6) is -0.125. The van der Waals surface area contributed by atoms with Crippen LogP contribution in [0.3, 0.4) is 0 Å². The van der Waals surface area contributed by atoms with Crippen LogP contribution in [0.15, 0.2) is 47.1 Å². The molecule has 0 aliphatic rings. The summed E-state index contributed by atoms with van der Waals surface area (Å²) >= 11 is 0. The Bertz CT molecular complexity index is 619. The van der Waals surface area contributed by atoms with Crippen LogP contribution in [-0.4, -0.2) is 17.9 Å².